The highest BCUT2D eigenvalue weighted by Gasteiger charge is 2.40. The van der Waals surface area contributed by atoms with E-state index in [1.54, 1.807) is 11.1 Å². The molecule has 3 heterocycles. The molecule has 2 aliphatic heterocycles. The average molecular weight is 380 g/mol. The number of aliphatic hydroxyl groups is 1. The van der Waals surface area contributed by atoms with Crippen molar-refractivity contribution in [3.63, 3.8) is 0 Å². The zero-order valence-corrected chi connectivity index (χ0v) is 16.7. The summed E-state index contributed by atoms with van der Waals surface area (Å²) in [5.74, 6) is 0.608. The number of hydrogen-bond acceptors (Lipinski definition) is 5. The van der Waals surface area contributed by atoms with Gasteiger partial charge in [0.25, 0.3) is 5.91 Å². The van der Waals surface area contributed by atoms with Gasteiger partial charge in [0, 0.05) is 25.8 Å². The smallest absolute Gasteiger partial charge is 0.257 e. The van der Waals surface area contributed by atoms with Gasteiger partial charge in [-0.1, -0.05) is 29.8 Å². The maximum absolute atomic E-state index is 13.0. The lowest BCUT2D eigenvalue weighted by atomic mass is 9.92. The number of nitrogens with zero attached hydrogens (tertiary/aromatic N) is 4. The predicted octanol–water partition coefficient (Wildman–Crippen LogP) is 2.82. The zero-order valence-electron chi connectivity index (χ0n) is 16.7. The van der Waals surface area contributed by atoms with Gasteiger partial charge in [0.2, 0.25) is 5.95 Å². The lowest BCUT2D eigenvalue weighted by Gasteiger charge is -2.27. The van der Waals surface area contributed by atoms with Crippen LogP contribution in [0.3, 0.4) is 0 Å². The topological polar surface area (TPSA) is 69.6 Å². The minimum Gasteiger partial charge on any atom is -0.383 e. The van der Waals surface area contributed by atoms with Crippen LogP contribution < -0.4 is 4.90 Å². The lowest BCUT2D eigenvalue weighted by molar-refractivity contribution is 0.0417. The van der Waals surface area contributed by atoms with Gasteiger partial charge in [0.05, 0.1) is 17.8 Å². The van der Waals surface area contributed by atoms with Crippen LogP contribution >= 0.6 is 0 Å². The second kappa shape index (κ2) is 7.51. The summed E-state index contributed by atoms with van der Waals surface area (Å²) in [6, 6.07) is 7.89. The standard InChI is InChI=1S/C22H28N4O2/c1-16-6-8-18(9-7-16)22(28)10-13-26(15-22)20(27)19-14-23-21(24-17(19)2)25-11-4-3-5-12-25/h6-9,14,28H,3-5,10-13,15H2,1-2H3. The van der Waals surface area contributed by atoms with Crippen LogP contribution in [0, 0.1) is 13.8 Å². The minimum absolute atomic E-state index is 0.106. The van der Waals surface area contributed by atoms with E-state index >= 15 is 0 Å². The second-order valence-electron chi connectivity index (χ2n) is 8.09. The van der Waals surface area contributed by atoms with Gasteiger partial charge in [-0.05, 0) is 45.1 Å². The Hall–Kier alpha value is -2.47. The number of carbonyl (C=O) groups is 1. The summed E-state index contributed by atoms with van der Waals surface area (Å²) < 4.78 is 0. The van der Waals surface area contributed by atoms with E-state index < -0.39 is 5.60 Å². The summed E-state index contributed by atoms with van der Waals surface area (Å²) in [5.41, 5.74) is 2.24. The largest absolute Gasteiger partial charge is 0.383 e. The highest BCUT2D eigenvalue weighted by molar-refractivity contribution is 5.95. The first kappa shape index (κ1) is 18.9. The molecule has 2 aromatic rings. The Morgan fingerprint density at radius 3 is 2.46 bits per heavy atom. The Labute approximate surface area is 166 Å². The normalized spacial score (nSPS) is 22.5. The molecule has 1 aromatic heterocycles. The first-order valence-electron chi connectivity index (χ1n) is 10.1. The van der Waals surface area contributed by atoms with Crippen molar-refractivity contribution >= 4 is 11.9 Å². The Morgan fingerprint density at radius 1 is 1.07 bits per heavy atom. The third-order valence-electron chi connectivity index (χ3n) is 5.96. The van der Waals surface area contributed by atoms with Crippen LogP contribution in [0.4, 0.5) is 5.95 Å². The summed E-state index contributed by atoms with van der Waals surface area (Å²) in [4.78, 5) is 26.0. The molecule has 148 valence electrons. The van der Waals surface area contributed by atoms with E-state index in [-0.39, 0.29) is 5.91 Å². The first-order chi connectivity index (χ1) is 13.5. The molecule has 6 heteroatoms. The summed E-state index contributed by atoms with van der Waals surface area (Å²) >= 11 is 0. The molecule has 4 rings (SSSR count). The van der Waals surface area contributed by atoms with Crippen LogP contribution in [0.25, 0.3) is 0 Å². The van der Waals surface area contributed by atoms with E-state index in [1.165, 1.54) is 6.42 Å². The predicted molar refractivity (Wildman–Crippen MR) is 108 cm³/mol. The van der Waals surface area contributed by atoms with Gasteiger partial charge in [-0.15, -0.1) is 0 Å². The van der Waals surface area contributed by atoms with Gasteiger partial charge >= 0.3 is 0 Å². The van der Waals surface area contributed by atoms with Crippen molar-refractivity contribution in [1.82, 2.24) is 14.9 Å². The van der Waals surface area contributed by atoms with Gasteiger partial charge in [0.15, 0.2) is 0 Å². The lowest BCUT2D eigenvalue weighted by Crippen LogP contribution is -2.35. The molecule has 2 fully saturated rings. The number of aryl methyl sites for hydroxylation is 2. The van der Waals surface area contributed by atoms with E-state index in [4.69, 9.17) is 0 Å². The Morgan fingerprint density at radius 2 is 1.79 bits per heavy atom. The maximum Gasteiger partial charge on any atom is 0.257 e. The van der Waals surface area contributed by atoms with Crippen LogP contribution in [0.2, 0.25) is 0 Å². The minimum atomic E-state index is -0.994. The fourth-order valence-electron chi connectivity index (χ4n) is 4.15. The summed E-state index contributed by atoms with van der Waals surface area (Å²) in [6.45, 7) is 6.66. The number of benzene rings is 1. The van der Waals surface area contributed by atoms with Crippen LogP contribution in [-0.4, -0.2) is 52.1 Å². The van der Waals surface area contributed by atoms with Crippen molar-refractivity contribution in [2.75, 3.05) is 31.1 Å². The van der Waals surface area contributed by atoms with Crippen molar-refractivity contribution in [3.05, 3.63) is 52.8 Å². The SMILES string of the molecule is Cc1ccc(C2(O)CCN(C(=O)c3cnc(N4CCCCC4)nc3C)C2)cc1. The monoisotopic (exact) mass is 380 g/mol. The number of β-amino-alcohol motifs (C(OH)–C–C–N with tert-alkyl or cyclic N) is 1. The summed E-state index contributed by atoms with van der Waals surface area (Å²) in [6.07, 6.45) is 5.76. The Balaban J connectivity index is 1.49. The third kappa shape index (κ3) is 3.61. The van der Waals surface area contributed by atoms with Crippen LogP contribution in [-0.2, 0) is 5.60 Å². The van der Waals surface area contributed by atoms with Gasteiger partial charge in [-0.2, -0.15) is 0 Å². The van der Waals surface area contributed by atoms with Crippen molar-refractivity contribution in [2.24, 2.45) is 0 Å². The number of piperidine rings is 1. The number of hydrogen-bond donors (Lipinski definition) is 1. The molecule has 0 saturated carbocycles. The zero-order chi connectivity index (χ0) is 19.7. The molecule has 1 atom stereocenters. The van der Waals surface area contributed by atoms with Crippen molar-refractivity contribution in [3.8, 4) is 0 Å². The molecule has 1 unspecified atom stereocenters. The van der Waals surface area contributed by atoms with Crippen LogP contribution in [0.1, 0.15) is 52.9 Å². The molecule has 1 N–H and O–H groups in total. The highest BCUT2D eigenvalue weighted by atomic mass is 16.3. The van der Waals surface area contributed by atoms with E-state index in [9.17, 15) is 9.90 Å². The maximum atomic E-state index is 13.0. The molecular formula is C22H28N4O2. The van der Waals surface area contributed by atoms with Gasteiger partial charge < -0.3 is 14.9 Å². The van der Waals surface area contributed by atoms with Gasteiger partial charge in [-0.25, -0.2) is 9.97 Å². The molecule has 0 spiro atoms. The number of rotatable bonds is 3. The van der Waals surface area contributed by atoms with Gasteiger partial charge in [0.1, 0.15) is 5.60 Å². The summed E-state index contributed by atoms with van der Waals surface area (Å²) in [5, 5.41) is 11.1. The van der Waals surface area contributed by atoms with Crippen LogP contribution in [0.5, 0.6) is 0 Å². The van der Waals surface area contributed by atoms with E-state index in [1.807, 2.05) is 38.1 Å². The first-order valence-corrected chi connectivity index (χ1v) is 10.1. The molecule has 1 amide bonds. The molecule has 2 saturated heterocycles. The van der Waals surface area contributed by atoms with Gasteiger partial charge in [-0.3, -0.25) is 4.79 Å². The molecular weight excluding hydrogens is 352 g/mol. The molecule has 0 bridgehead atoms. The number of likely N-dealkylation sites (tertiary alicyclic amines) is 1. The van der Waals surface area contributed by atoms with Crippen molar-refractivity contribution < 1.29 is 9.90 Å². The Kier molecular flexibility index (Phi) is 5.06. The second-order valence-corrected chi connectivity index (χ2v) is 8.09. The third-order valence-corrected chi connectivity index (χ3v) is 5.96. The molecule has 1 aromatic carbocycles. The van der Waals surface area contributed by atoms with Crippen molar-refractivity contribution in [2.45, 2.75) is 45.1 Å². The van der Waals surface area contributed by atoms with E-state index in [0.717, 1.165) is 37.1 Å². The quantitative estimate of drug-likeness (QED) is 0.887. The molecule has 2 aliphatic rings. The van der Waals surface area contributed by atoms with Crippen LogP contribution in [0.15, 0.2) is 30.5 Å². The number of amides is 1. The van der Waals surface area contributed by atoms with E-state index in [2.05, 4.69) is 14.9 Å². The fraction of sp³-hybridized carbons (Fsp3) is 0.500. The number of anilines is 1. The molecule has 28 heavy (non-hydrogen) atoms. The number of carbonyl (C=O) groups excluding carboxylic acids is 1. The Bertz CT molecular complexity index is 861. The number of aromatic nitrogens is 2. The highest BCUT2D eigenvalue weighted by Crippen LogP contribution is 2.33. The summed E-state index contributed by atoms with van der Waals surface area (Å²) in [7, 11) is 0. The average Bonchev–Trinajstić information content (AvgIpc) is 3.12. The fourth-order valence-corrected chi connectivity index (χ4v) is 4.15. The van der Waals surface area contributed by atoms with E-state index in [0.29, 0.717) is 36.7 Å². The van der Waals surface area contributed by atoms with Crippen molar-refractivity contribution in [1.29, 1.82) is 0 Å². The molecule has 0 aliphatic carbocycles. The molecule has 0 radical (unpaired) electrons. The molecule has 6 nitrogen and oxygen atoms in total.